The predicted molar refractivity (Wildman–Crippen MR) is 164 cm³/mol. The summed E-state index contributed by atoms with van der Waals surface area (Å²) in [4.78, 5) is 49.3. The van der Waals surface area contributed by atoms with Crippen LogP contribution in [0.25, 0.3) is 11.2 Å². The molecule has 3 aromatic rings. The van der Waals surface area contributed by atoms with Crippen LogP contribution in [0.2, 0.25) is 0 Å². The van der Waals surface area contributed by atoms with Gasteiger partial charge in [-0.15, -0.1) is 0 Å². The van der Waals surface area contributed by atoms with Gasteiger partial charge in [0.1, 0.15) is 24.2 Å². The highest BCUT2D eigenvalue weighted by atomic mass is 16.5. The van der Waals surface area contributed by atoms with E-state index in [0.717, 1.165) is 50.6 Å². The standard InChI is InChI=1S/C16H26N6O2.C14H19NO4/c1-3-4-9-24-15-19-13(17)12-14(20-15)22(16(23)18-12)10-11-5-7-21(2)8-6-11;1-15(6-8-16)7-9-19-13-5-3-4-12(10-13)11-14(17)18-2/h11H,3-10H2,1-2H3,(H,18,23)(H2,17,19,20);3-5,8,10H,6-7,9,11H2,1-2H3. The van der Waals surface area contributed by atoms with Crippen molar-refractivity contribution in [3.8, 4) is 11.8 Å². The minimum atomic E-state index is -0.275. The van der Waals surface area contributed by atoms with Crippen molar-refractivity contribution in [2.75, 3.05) is 66.3 Å². The molecule has 1 aliphatic rings. The van der Waals surface area contributed by atoms with E-state index in [1.165, 1.54) is 7.11 Å². The number of ether oxygens (including phenoxy) is 3. The summed E-state index contributed by atoms with van der Waals surface area (Å²) in [6.45, 7) is 6.96. The number of likely N-dealkylation sites (tertiary alicyclic amines) is 1. The monoisotopic (exact) mass is 599 g/mol. The highest BCUT2D eigenvalue weighted by molar-refractivity contribution is 5.81. The zero-order valence-electron chi connectivity index (χ0n) is 25.7. The van der Waals surface area contributed by atoms with Gasteiger partial charge in [-0.05, 0) is 70.1 Å². The van der Waals surface area contributed by atoms with Gasteiger partial charge in [0, 0.05) is 13.1 Å². The number of hydrogen-bond donors (Lipinski definition) is 2. The van der Waals surface area contributed by atoms with Crippen molar-refractivity contribution in [3.05, 3.63) is 40.3 Å². The SMILES string of the molecule is CCCCOc1nc(N)c2[nH]c(=O)n(CC3CCN(C)CC3)c2n1.COC(=O)Cc1cccc(OCCN(C)CC=O)c1. The Morgan fingerprint density at radius 1 is 1.21 bits per heavy atom. The van der Waals surface area contributed by atoms with Crippen LogP contribution in [0.3, 0.4) is 0 Å². The Kier molecular flexibility index (Phi) is 13.4. The first kappa shape index (κ1) is 33.5. The number of H-pyrrole nitrogens is 1. The van der Waals surface area contributed by atoms with Crippen LogP contribution in [0.1, 0.15) is 38.2 Å². The Morgan fingerprint density at radius 2 is 1.98 bits per heavy atom. The molecular weight excluding hydrogens is 554 g/mol. The predicted octanol–water partition coefficient (Wildman–Crippen LogP) is 2.13. The normalized spacial score (nSPS) is 13.9. The fraction of sp³-hybridized carbons (Fsp3) is 0.567. The number of carbonyl (C=O) groups excluding carboxylic acids is 2. The molecule has 0 bridgehead atoms. The number of methoxy groups -OCH3 is 1. The van der Waals surface area contributed by atoms with E-state index >= 15 is 0 Å². The van der Waals surface area contributed by atoms with Crippen LogP contribution in [-0.2, 0) is 27.3 Å². The van der Waals surface area contributed by atoms with Gasteiger partial charge in [-0.3, -0.25) is 14.3 Å². The number of aromatic amines is 1. The Hall–Kier alpha value is -3.97. The molecule has 3 heterocycles. The summed E-state index contributed by atoms with van der Waals surface area (Å²) in [5.41, 5.74) is 7.68. The first-order valence-corrected chi connectivity index (χ1v) is 14.7. The van der Waals surface area contributed by atoms with Crippen LogP contribution >= 0.6 is 0 Å². The van der Waals surface area contributed by atoms with Gasteiger partial charge in [0.15, 0.2) is 11.5 Å². The summed E-state index contributed by atoms with van der Waals surface area (Å²) in [6.07, 6.45) is 5.21. The van der Waals surface area contributed by atoms with Crippen molar-refractivity contribution in [1.29, 1.82) is 0 Å². The van der Waals surface area contributed by atoms with Crippen LogP contribution in [0.4, 0.5) is 5.82 Å². The molecule has 1 aromatic carbocycles. The van der Waals surface area contributed by atoms with Crippen molar-refractivity contribution >= 4 is 29.2 Å². The molecule has 1 aliphatic heterocycles. The number of piperidine rings is 1. The van der Waals surface area contributed by atoms with E-state index < -0.39 is 0 Å². The highest BCUT2D eigenvalue weighted by Gasteiger charge is 2.21. The molecule has 0 unspecified atom stereocenters. The van der Waals surface area contributed by atoms with E-state index in [0.29, 0.717) is 55.7 Å². The van der Waals surface area contributed by atoms with E-state index in [1.54, 1.807) is 4.57 Å². The fourth-order valence-corrected chi connectivity index (χ4v) is 4.60. The lowest BCUT2D eigenvalue weighted by Crippen LogP contribution is -2.33. The van der Waals surface area contributed by atoms with E-state index in [1.807, 2.05) is 36.2 Å². The van der Waals surface area contributed by atoms with Gasteiger partial charge < -0.3 is 34.6 Å². The highest BCUT2D eigenvalue weighted by Crippen LogP contribution is 2.22. The smallest absolute Gasteiger partial charge is 0.327 e. The number of likely N-dealkylation sites (N-methyl/N-ethyl adjacent to an activating group) is 1. The maximum absolute atomic E-state index is 12.3. The molecule has 0 spiro atoms. The van der Waals surface area contributed by atoms with Crippen molar-refractivity contribution < 1.29 is 23.8 Å². The maximum atomic E-state index is 12.3. The third kappa shape index (κ3) is 10.7. The number of rotatable bonds is 14. The maximum Gasteiger partial charge on any atom is 0.327 e. The number of aldehydes is 1. The summed E-state index contributed by atoms with van der Waals surface area (Å²) in [6, 6.07) is 7.58. The van der Waals surface area contributed by atoms with Crippen molar-refractivity contribution in [3.63, 3.8) is 0 Å². The molecule has 2 aromatic heterocycles. The first-order chi connectivity index (χ1) is 20.7. The van der Waals surface area contributed by atoms with E-state index in [2.05, 4.69) is 38.6 Å². The molecule has 236 valence electrons. The summed E-state index contributed by atoms with van der Waals surface area (Å²) in [5, 5.41) is 0. The van der Waals surface area contributed by atoms with Gasteiger partial charge in [0.2, 0.25) is 0 Å². The van der Waals surface area contributed by atoms with Gasteiger partial charge in [0.25, 0.3) is 0 Å². The molecule has 13 nitrogen and oxygen atoms in total. The number of unbranched alkanes of at least 4 members (excludes halogenated alkanes) is 1. The number of imidazole rings is 1. The number of anilines is 1. The van der Waals surface area contributed by atoms with E-state index in [-0.39, 0.29) is 29.9 Å². The third-order valence-corrected chi connectivity index (χ3v) is 7.24. The summed E-state index contributed by atoms with van der Waals surface area (Å²) in [7, 11) is 5.35. The van der Waals surface area contributed by atoms with Crippen molar-refractivity contribution in [2.45, 2.75) is 45.6 Å². The molecule has 1 fully saturated rings. The van der Waals surface area contributed by atoms with E-state index in [9.17, 15) is 14.4 Å². The molecule has 0 radical (unpaired) electrons. The van der Waals surface area contributed by atoms with Crippen LogP contribution in [-0.4, -0.2) is 102 Å². The van der Waals surface area contributed by atoms with Crippen molar-refractivity contribution in [2.24, 2.45) is 5.92 Å². The van der Waals surface area contributed by atoms with Crippen LogP contribution in [0.15, 0.2) is 29.1 Å². The minimum Gasteiger partial charge on any atom is -0.492 e. The Bertz CT molecular complexity index is 1370. The fourth-order valence-electron chi connectivity index (χ4n) is 4.60. The number of nitrogen functional groups attached to an aromatic ring is 1. The second kappa shape index (κ2) is 17.2. The Labute approximate surface area is 252 Å². The number of nitrogens with one attached hydrogen (secondary N) is 1. The molecular formula is C30H45N7O6. The van der Waals surface area contributed by atoms with Crippen LogP contribution in [0, 0.1) is 5.92 Å². The van der Waals surface area contributed by atoms with Gasteiger partial charge in [0.05, 0.1) is 26.7 Å². The molecule has 0 amide bonds. The topological polar surface area (TPSA) is 158 Å². The van der Waals surface area contributed by atoms with Gasteiger partial charge in [-0.2, -0.15) is 9.97 Å². The summed E-state index contributed by atoms with van der Waals surface area (Å²) < 4.78 is 17.4. The second-order valence-corrected chi connectivity index (χ2v) is 10.8. The third-order valence-electron chi connectivity index (χ3n) is 7.24. The summed E-state index contributed by atoms with van der Waals surface area (Å²) in [5.74, 6) is 1.16. The number of esters is 1. The number of benzene rings is 1. The molecule has 43 heavy (non-hydrogen) atoms. The number of fused-ring (bicyclic) bond motifs is 1. The zero-order valence-corrected chi connectivity index (χ0v) is 25.7. The number of nitrogens with two attached hydrogens (primary N) is 1. The lowest BCUT2D eigenvalue weighted by Gasteiger charge is -2.28. The molecule has 0 aliphatic carbocycles. The van der Waals surface area contributed by atoms with Gasteiger partial charge in [-0.1, -0.05) is 25.5 Å². The first-order valence-electron chi connectivity index (χ1n) is 14.7. The minimum absolute atomic E-state index is 0.185. The largest absolute Gasteiger partial charge is 0.492 e. The van der Waals surface area contributed by atoms with Gasteiger partial charge in [-0.25, -0.2) is 4.79 Å². The Balaban J connectivity index is 0.000000243. The average molecular weight is 600 g/mol. The number of aromatic nitrogens is 4. The molecule has 0 saturated carbocycles. The van der Waals surface area contributed by atoms with Crippen molar-refractivity contribution in [1.82, 2.24) is 29.3 Å². The molecule has 0 atom stereocenters. The molecule has 1 saturated heterocycles. The average Bonchev–Trinajstić information content (AvgIpc) is 3.30. The molecule has 4 rings (SSSR count). The second-order valence-electron chi connectivity index (χ2n) is 10.8. The quantitative estimate of drug-likeness (QED) is 0.159. The molecule has 13 heteroatoms. The number of carbonyl (C=O) groups is 2. The zero-order chi connectivity index (χ0) is 31.2. The molecule has 3 N–H and O–H groups in total. The Morgan fingerprint density at radius 3 is 2.67 bits per heavy atom. The van der Waals surface area contributed by atoms with Gasteiger partial charge >= 0.3 is 17.7 Å². The number of nitrogens with zero attached hydrogens (tertiary/aromatic N) is 5. The van der Waals surface area contributed by atoms with Crippen LogP contribution in [0.5, 0.6) is 11.8 Å². The van der Waals surface area contributed by atoms with E-state index in [4.69, 9.17) is 15.2 Å². The summed E-state index contributed by atoms with van der Waals surface area (Å²) >= 11 is 0. The lowest BCUT2D eigenvalue weighted by molar-refractivity contribution is -0.139. The lowest BCUT2D eigenvalue weighted by atomic mass is 9.97. The van der Waals surface area contributed by atoms with Crippen LogP contribution < -0.4 is 20.9 Å². The number of hydrogen-bond acceptors (Lipinski definition) is 11.